The summed E-state index contributed by atoms with van der Waals surface area (Å²) in [6.45, 7) is 3.98. The van der Waals surface area contributed by atoms with E-state index >= 15 is 0 Å². The number of rotatable bonds is 3. The molecular weight excluding hydrogens is 310 g/mol. The molecule has 98 valence electrons. The molecule has 1 aromatic heterocycles. The summed E-state index contributed by atoms with van der Waals surface area (Å²) >= 11 is 3.50. The average Bonchev–Trinajstić information content (AvgIpc) is 2.36. The van der Waals surface area contributed by atoms with Crippen LogP contribution in [-0.4, -0.2) is 21.0 Å². The fourth-order valence-corrected chi connectivity index (χ4v) is 1.92. The third-order valence-corrected chi connectivity index (χ3v) is 3.81. The Kier molecular flexibility index (Phi) is 3.80. The van der Waals surface area contributed by atoms with Gasteiger partial charge >= 0.3 is 5.97 Å². The van der Waals surface area contributed by atoms with Gasteiger partial charge in [0.2, 0.25) is 0 Å². The van der Waals surface area contributed by atoms with E-state index in [2.05, 4.69) is 31.2 Å². The summed E-state index contributed by atoms with van der Waals surface area (Å²) in [5.74, 6) is -0.694. The molecule has 0 saturated heterocycles. The number of hydrogen-bond donors (Lipinski definition) is 2. The molecule has 0 radical (unpaired) electrons. The Morgan fingerprint density at radius 1 is 1.26 bits per heavy atom. The smallest absolute Gasteiger partial charge is 0.356 e. The van der Waals surface area contributed by atoms with Gasteiger partial charge in [0.25, 0.3) is 0 Å². The summed E-state index contributed by atoms with van der Waals surface area (Å²) in [5.41, 5.74) is 2.93. The normalized spacial score (nSPS) is 10.3. The van der Waals surface area contributed by atoms with Crippen molar-refractivity contribution in [3.8, 4) is 0 Å². The molecule has 1 aromatic carbocycles. The fraction of sp³-hybridized carbons (Fsp3) is 0.154. The van der Waals surface area contributed by atoms with E-state index in [0.29, 0.717) is 5.82 Å². The van der Waals surface area contributed by atoms with Crippen molar-refractivity contribution in [3.05, 3.63) is 45.8 Å². The quantitative estimate of drug-likeness (QED) is 0.907. The van der Waals surface area contributed by atoms with Gasteiger partial charge in [0, 0.05) is 10.2 Å². The minimum Gasteiger partial charge on any atom is -0.476 e. The standard InChI is InChI=1S/C13H12BrN3O2/c1-7-3-9(4-8(2)12(7)14)16-11-6-15-5-10(17-11)13(18)19/h3-6H,1-2H3,(H,16,17)(H,18,19). The van der Waals surface area contributed by atoms with Crippen LogP contribution in [0, 0.1) is 13.8 Å². The number of benzene rings is 1. The summed E-state index contributed by atoms with van der Waals surface area (Å²) < 4.78 is 1.06. The molecule has 0 saturated carbocycles. The van der Waals surface area contributed by atoms with Crippen molar-refractivity contribution in [2.45, 2.75) is 13.8 Å². The molecule has 0 bridgehead atoms. The molecule has 2 rings (SSSR count). The Morgan fingerprint density at radius 2 is 1.89 bits per heavy atom. The Morgan fingerprint density at radius 3 is 2.47 bits per heavy atom. The lowest BCUT2D eigenvalue weighted by molar-refractivity contribution is 0.0690. The number of carboxylic acids is 1. The van der Waals surface area contributed by atoms with E-state index in [-0.39, 0.29) is 5.69 Å². The van der Waals surface area contributed by atoms with Crippen LogP contribution >= 0.6 is 15.9 Å². The SMILES string of the molecule is Cc1cc(Nc2cncc(C(=O)O)n2)cc(C)c1Br. The number of halogens is 1. The van der Waals surface area contributed by atoms with E-state index in [4.69, 9.17) is 5.11 Å². The van der Waals surface area contributed by atoms with Gasteiger partial charge < -0.3 is 10.4 Å². The second kappa shape index (κ2) is 5.36. The lowest BCUT2D eigenvalue weighted by Gasteiger charge is -2.10. The zero-order chi connectivity index (χ0) is 14.0. The molecule has 1 heterocycles. The third-order valence-electron chi connectivity index (χ3n) is 2.56. The number of carboxylic acid groups (broad SMARTS) is 1. The van der Waals surface area contributed by atoms with Gasteiger partial charge in [0.1, 0.15) is 5.82 Å². The molecule has 0 spiro atoms. The van der Waals surface area contributed by atoms with Crippen LogP contribution in [0.1, 0.15) is 21.6 Å². The van der Waals surface area contributed by atoms with Crippen LogP contribution in [0.15, 0.2) is 29.0 Å². The molecule has 0 unspecified atom stereocenters. The van der Waals surface area contributed by atoms with Gasteiger partial charge in [-0.05, 0) is 37.1 Å². The number of carbonyl (C=O) groups is 1. The number of anilines is 2. The maximum absolute atomic E-state index is 10.8. The van der Waals surface area contributed by atoms with Crippen molar-refractivity contribution in [1.29, 1.82) is 0 Å². The average molecular weight is 322 g/mol. The van der Waals surface area contributed by atoms with Gasteiger partial charge in [-0.25, -0.2) is 9.78 Å². The summed E-state index contributed by atoms with van der Waals surface area (Å²) in [4.78, 5) is 18.6. The number of aromatic nitrogens is 2. The van der Waals surface area contributed by atoms with Crippen molar-refractivity contribution in [1.82, 2.24) is 9.97 Å². The molecule has 0 aliphatic carbocycles. The first-order valence-corrected chi connectivity index (χ1v) is 6.36. The highest BCUT2D eigenvalue weighted by Gasteiger charge is 2.07. The molecule has 6 heteroatoms. The molecule has 0 aliphatic heterocycles. The number of hydrogen-bond acceptors (Lipinski definition) is 4. The molecule has 0 amide bonds. The summed E-state index contributed by atoms with van der Waals surface area (Å²) in [6.07, 6.45) is 2.70. The van der Waals surface area contributed by atoms with Crippen LogP contribution in [0.4, 0.5) is 11.5 Å². The Hall–Kier alpha value is -1.95. The minimum absolute atomic E-state index is 0.0874. The lowest BCUT2D eigenvalue weighted by Crippen LogP contribution is -2.04. The highest BCUT2D eigenvalue weighted by molar-refractivity contribution is 9.10. The van der Waals surface area contributed by atoms with E-state index in [0.717, 1.165) is 21.3 Å². The maximum Gasteiger partial charge on any atom is 0.356 e. The summed E-state index contributed by atoms with van der Waals surface area (Å²) in [5, 5.41) is 11.9. The molecule has 2 aromatic rings. The van der Waals surface area contributed by atoms with Gasteiger partial charge in [-0.15, -0.1) is 0 Å². The van der Waals surface area contributed by atoms with Crippen LogP contribution in [0.25, 0.3) is 0 Å². The van der Waals surface area contributed by atoms with Crippen molar-refractivity contribution < 1.29 is 9.90 Å². The summed E-state index contributed by atoms with van der Waals surface area (Å²) in [7, 11) is 0. The van der Waals surface area contributed by atoms with E-state index < -0.39 is 5.97 Å². The molecule has 5 nitrogen and oxygen atoms in total. The number of nitrogens with zero attached hydrogens (tertiary/aromatic N) is 2. The fourth-order valence-electron chi connectivity index (χ4n) is 1.70. The van der Waals surface area contributed by atoms with Gasteiger partial charge in [0.05, 0.1) is 12.4 Å². The Balaban J connectivity index is 2.31. The second-order valence-corrected chi connectivity index (χ2v) is 4.94. The first-order chi connectivity index (χ1) is 8.97. The predicted molar refractivity (Wildman–Crippen MR) is 75.9 cm³/mol. The van der Waals surface area contributed by atoms with Crippen LogP contribution in [0.5, 0.6) is 0 Å². The Bertz CT molecular complexity index is 621. The van der Waals surface area contributed by atoms with Crippen LogP contribution < -0.4 is 5.32 Å². The first-order valence-electron chi connectivity index (χ1n) is 5.56. The van der Waals surface area contributed by atoms with Crippen molar-refractivity contribution >= 4 is 33.4 Å². The zero-order valence-corrected chi connectivity index (χ0v) is 12.0. The minimum atomic E-state index is -1.10. The summed E-state index contributed by atoms with van der Waals surface area (Å²) in [6, 6.07) is 3.90. The van der Waals surface area contributed by atoms with Gasteiger partial charge in [-0.3, -0.25) is 4.98 Å². The van der Waals surface area contributed by atoms with E-state index in [9.17, 15) is 4.79 Å². The second-order valence-electron chi connectivity index (χ2n) is 4.14. The van der Waals surface area contributed by atoms with E-state index in [1.807, 2.05) is 26.0 Å². The topological polar surface area (TPSA) is 75.1 Å². The predicted octanol–water partition coefficient (Wildman–Crippen LogP) is 3.30. The molecular formula is C13H12BrN3O2. The molecule has 19 heavy (non-hydrogen) atoms. The van der Waals surface area contributed by atoms with E-state index in [1.54, 1.807) is 0 Å². The van der Waals surface area contributed by atoms with Crippen LogP contribution in [0.2, 0.25) is 0 Å². The van der Waals surface area contributed by atoms with Crippen molar-refractivity contribution in [2.24, 2.45) is 0 Å². The van der Waals surface area contributed by atoms with Gasteiger partial charge in [-0.2, -0.15) is 0 Å². The molecule has 0 atom stereocenters. The van der Waals surface area contributed by atoms with Crippen LogP contribution in [-0.2, 0) is 0 Å². The largest absolute Gasteiger partial charge is 0.476 e. The highest BCUT2D eigenvalue weighted by atomic mass is 79.9. The molecule has 0 aliphatic rings. The van der Waals surface area contributed by atoms with Crippen molar-refractivity contribution in [2.75, 3.05) is 5.32 Å². The lowest BCUT2D eigenvalue weighted by atomic mass is 10.1. The highest BCUT2D eigenvalue weighted by Crippen LogP contribution is 2.26. The molecule has 2 N–H and O–H groups in total. The van der Waals surface area contributed by atoms with Crippen LogP contribution in [0.3, 0.4) is 0 Å². The van der Waals surface area contributed by atoms with Gasteiger partial charge in [-0.1, -0.05) is 15.9 Å². The Labute approximate surface area is 118 Å². The first kappa shape index (κ1) is 13.5. The number of nitrogens with one attached hydrogen (secondary N) is 1. The zero-order valence-electron chi connectivity index (χ0n) is 10.4. The number of aromatic carboxylic acids is 1. The van der Waals surface area contributed by atoms with E-state index in [1.165, 1.54) is 12.4 Å². The third kappa shape index (κ3) is 3.08. The number of aryl methyl sites for hydroxylation is 2. The maximum atomic E-state index is 10.8. The van der Waals surface area contributed by atoms with Gasteiger partial charge in [0.15, 0.2) is 5.69 Å². The molecule has 0 fully saturated rings. The van der Waals surface area contributed by atoms with Crippen molar-refractivity contribution in [3.63, 3.8) is 0 Å². The monoisotopic (exact) mass is 321 g/mol.